The first-order chi connectivity index (χ1) is 6.66. The number of hydrogen-bond donors (Lipinski definition) is 2. The van der Waals surface area contributed by atoms with E-state index >= 15 is 0 Å². The summed E-state index contributed by atoms with van der Waals surface area (Å²) < 4.78 is 0. The van der Waals surface area contributed by atoms with Crippen molar-refractivity contribution in [3.63, 3.8) is 0 Å². The molecule has 2 rings (SSSR count). The maximum Gasteiger partial charge on any atom is 0.0497 e. The second-order valence-electron chi connectivity index (χ2n) is 3.59. The van der Waals surface area contributed by atoms with E-state index in [-0.39, 0.29) is 12.1 Å². The molecular formula is C12H14N2. The summed E-state index contributed by atoms with van der Waals surface area (Å²) in [5.74, 6) is 0. The van der Waals surface area contributed by atoms with Crippen LogP contribution in [0.25, 0.3) is 11.6 Å². The van der Waals surface area contributed by atoms with Crippen LogP contribution >= 0.6 is 0 Å². The van der Waals surface area contributed by atoms with Gasteiger partial charge in [0.05, 0.1) is 0 Å². The summed E-state index contributed by atoms with van der Waals surface area (Å²) in [5.41, 5.74) is 16.1. The molecule has 2 atom stereocenters. The zero-order chi connectivity index (χ0) is 10.3. The molecule has 1 aromatic rings. The van der Waals surface area contributed by atoms with Crippen LogP contribution in [0.3, 0.4) is 0 Å². The van der Waals surface area contributed by atoms with Crippen LogP contribution in [-0.4, -0.2) is 6.04 Å². The number of hydrogen-bond acceptors (Lipinski definition) is 2. The highest BCUT2D eigenvalue weighted by molar-refractivity contribution is 5.82. The second kappa shape index (κ2) is 3.08. The molecule has 72 valence electrons. The average Bonchev–Trinajstić information content (AvgIpc) is 2.44. The standard InChI is InChI=1S/C12H14N2/c1-3-8-5-4-6-9-10(8)7(2)11(13)12(9)14/h3-6,11-12H,1-2,13-14H2/t11-,12+/m1/s1. The highest BCUT2D eigenvalue weighted by atomic mass is 14.8. The Bertz CT molecular complexity index is 407. The van der Waals surface area contributed by atoms with E-state index in [1.54, 1.807) is 0 Å². The molecule has 0 heterocycles. The Balaban J connectivity index is 2.68. The fourth-order valence-corrected chi connectivity index (χ4v) is 1.98. The van der Waals surface area contributed by atoms with E-state index in [1.165, 1.54) is 0 Å². The lowest BCUT2D eigenvalue weighted by molar-refractivity contribution is 0.677. The summed E-state index contributed by atoms with van der Waals surface area (Å²) in [6, 6.07) is 5.69. The Hall–Kier alpha value is -1.38. The van der Waals surface area contributed by atoms with Crippen LogP contribution in [0.2, 0.25) is 0 Å². The van der Waals surface area contributed by atoms with E-state index in [9.17, 15) is 0 Å². The van der Waals surface area contributed by atoms with Gasteiger partial charge in [0.2, 0.25) is 0 Å². The molecule has 0 radical (unpaired) electrons. The van der Waals surface area contributed by atoms with Gasteiger partial charge >= 0.3 is 0 Å². The third-order valence-corrected chi connectivity index (χ3v) is 2.82. The molecule has 0 saturated carbocycles. The Morgan fingerprint density at radius 1 is 1.21 bits per heavy atom. The molecule has 0 bridgehead atoms. The van der Waals surface area contributed by atoms with Crippen molar-refractivity contribution >= 4 is 11.6 Å². The quantitative estimate of drug-likeness (QED) is 0.701. The van der Waals surface area contributed by atoms with Crippen LogP contribution in [0.5, 0.6) is 0 Å². The first-order valence-electron chi connectivity index (χ1n) is 4.62. The molecular weight excluding hydrogens is 172 g/mol. The second-order valence-corrected chi connectivity index (χ2v) is 3.59. The van der Waals surface area contributed by atoms with Gasteiger partial charge in [0.1, 0.15) is 0 Å². The molecule has 0 unspecified atom stereocenters. The summed E-state index contributed by atoms with van der Waals surface area (Å²) in [6.07, 6.45) is 1.81. The van der Waals surface area contributed by atoms with Gasteiger partial charge in [-0.2, -0.15) is 0 Å². The molecule has 0 fully saturated rings. The average molecular weight is 186 g/mol. The van der Waals surface area contributed by atoms with E-state index in [1.807, 2.05) is 24.3 Å². The molecule has 1 aliphatic rings. The molecule has 4 N–H and O–H groups in total. The van der Waals surface area contributed by atoms with Gasteiger partial charge in [0, 0.05) is 12.1 Å². The van der Waals surface area contributed by atoms with Gasteiger partial charge in [-0.25, -0.2) is 0 Å². The topological polar surface area (TPSA) is 52.0 Å². The number of benzene rings is 1. The fourth-order valence-electron chi connectivity index (χ4n) is 1.98. The molecule has 14 heavy (non-hydrogen) atoms. The largest absolute Gasteiger partial charge is 0.322 e. The highest BCUT2D eigenvalue weighted by Crippen LogP contribution is 2.38. The SMILES string of the molecule is C=Cc1cccc2c1C(=C)[C@@H](N)[C@H]2N. The molecule has 2 nitrogen and oxygen atoms in total. The van der Waals surface area contributed by atoms with Gasteiger partial charge in [-0.15, -0.1) is 0 Å². The first-order valence-corrected chi connectivity index (χ1v) is 4.62. The van der Waals surface area contributed by atoms with Gasteiger partial charge in [0.25, 0.3) is 0 Å². The summed E-state index contributed by atoms with van der Waals surface area (Å²) in [4.78, 5) is 0. The Morgan fingerprint density at radius 2 is 1.93 bits per heavy atom. The van der Waals surface area contributed by atoms with Crippen molar-refractivity contribution in [2.24, 2.45) is 11.5 Å². The lowest BCUT2D eigenvalue weighted by atomic mass is 10.0. The summed E-state index contributed by atoms with van der Waals surface area (Å²) >= 11 is 0. The monoisotopic (exact) mass is 186 g/mol. The number of fused-ring (bicyclic) bond motifs is 1. The van der Waals surface area contributed by atoms with Gasteiger partial charge in [0.15, 0.2) is 0 Å². The zero-order valence-electron chi connectivity index (χ0n) is 8.03. The first kappa shape index (κ1) is 9.19. The normalized spacial score (nSPS) is 24.9. The molecule has 2 heteroatoms. The van der Waals surface area contributed by atoms with Gasteiger partial charge in [-0.05, 0) is 22.3 Å². The molecule has 0 amide bonds. The maximum absolute atomic E-state index is 5.98. The summed E-state index contributed by atoms with van der Waals surface area (Å²) in [6.45, 7) is 7.75. The number of rotatable bonds is 1. The minimum absolute atomic E-state index is 0.127. The van der Waals surface area contributed by atoms with Gasteiger partial charge in [-0.1, -0.05) is 37.4 Å². The van der Waals surface area contributed by atoms with Crippen LogP contribution < -0.4 is 11.5 Å². The van der Waals surface area contributed by atoms with Crippen LogP contribution in [0.15, 0.2) is 31.4 Å². The van der Waals surface area contributed by atoms with E-state index in [0.29, 0.717) is 0 Å². The summed E-state index contributed by atoms with van der Waals surface area (Å²) in [5, 5.41) is 0. The smallest absolute Gasteiger partial charge is 0.0497 e. The van der Waals surface area contributed by atoms with Crippen LogP contribution in [0.4, 0.5) is 0 Å². The van der Waals surface area contributed by atoms with E-state index in [2.05, 4.69) is 13.2 Å². The molecule has 0 saturated heterocycles. The van der Waals surface area contributed by atoms with Crippen molar-refractivity contribution in [2.75, 3.05) is 0 Å². The van der Waals surface area contributed by atoms with Crippen molar-refractivity contribution in [3.05, 3.63) is 48.0 Å². The van der Waals surface area contributed by atoms with Gasteiger partial charge in [-0.3, -0.25) is 0 Å². The predicted molar refractivity (Wildman–Crippen MR) is 60.5 cm³/mol. The predicted octanol–water partition coefficient (Wildman–Crippen LogP) is 1.68. The number of nitrogens with two attached hydrogens (primary N) is 2. The Morgan fingerprint density at radius 3 is 2.57 bits per heavy atom. The van der Waals surface area contributed by atoms with Crippen LogP contribution in [-0.2, 0) is 0 Å². The Kier molecular flexibility index (Phi) is 2.02. The third-order valence-electron chi connectivity index (χ3n) is 2.82. The lowest BCUT2D eigenvalue weighted by Gasteiger charge is -2.09. The van der Waals surface area contributed by atoms with Crippen molar-refractivity contribution < 1.29 is 0 Å². The van der Waals surface area contributed by atoms with Crippen molar-refractivity contribution in [1.29, 1.82) is 0 Å². The van der Waals surface area contributed by atoms with E-state index in [0.717, 1.165) is 22.3 Å². The van der Waals surface area contributed by atoms with Crippen LogP contribution in [0.1, 0.15) is 22.7 Å². The minimum Gasteiger partial charge on any atom is -0.322 e. The molecule has 1 aromatic carbocycles. The maximum atomic E-state index is 5.98. The van der Waals surface area contributed by atoms with Crippen molar-refractivity contribution in [2.45, 2.75) is 12.1 Å². The Labute approximate surface area is 83.9 Å². The lowest BCUT2D eigenvalue weighted by Crippen LogP contribution is -2.29. The van der Waals surface area contributed by atoms with Crippen LogP contribution in [0, 0.1) is 0 Å². The molecule has 1 aliphatic carbocycles. The van der Waals surface area contributed by atoms with Gasteiger partial charge < -0.3 is 11.5 Å². The molecule has 0 spiro atoms. The van der Waals surface area contributed by atoms with E-state index in [4.69, 9.17) is 11.5 Å². The van der Waals surface area contributed by atoms with Crippen molar-refractivity contribution in [1.82, 2.24) is 0 Å². The fraction of sp³-hybridized carbons (Fsp3) is 0.167. The third kappa shape index (κ3) is 1.05. The highest BCUT2D eigenvalue weighted by Gasteiger charge is 2.31. The zero-order valence-corrected chi connectivity index (χ0v) is 8.03. The van der Waals surface area contributed by atoms with E-state index < -0.39 is 0 Å². The molecule has 0 aliphatic heterocycles. The van der Waals surface area contributed by atoms with Crippen molar-refractivity contribution in [3.8, 4) is 0 Å². The summed E-state index contributed by atoms with van der Waals surface area (Å²) in [7, 11) is 0. The molecule has 0 aromatic heterocycles. The minimum atomic E-state index is -0.161.